The van der Waals surface area contributed by atoms with Crippen LogP contribution in [0.25, 0.3) is 0 Å². The summed E-state index contributed by atoms with van der Waals surface area (Å²) < 4.78 is 62.9. The average molecular weight is 545 g/mol. The van der Waals surface area contributed by atoms with E-state index in [1.165, 1.54) is 35.2 Å². The maximum absolute atomic E-state index is 13.4. The second kappa shape index (κ2) is 10.6. The Hall–Kier alpha value is -3.66. The lowest BCUT2D eigenvalue weighted by atomic mass is 9.86. The van der Waals surface area contributed by atoms with Crippen LogP contribution in [0.3, 0.4) is 0 Å². The Morgan fingerprint density at radius 1 is 1.00 bits per heavy atom. The van der Waals surface area contributed by atoms with Crippen LogP contribution in [0.2, 0.25) is 0 Å². The number of hydrogen-bond donors (Lipinski definition) is 1. The topological polar surface area (TPSA) is 83.6 Å². The van der Waals surface area contributed by atoms with Gasteiger partial charge in [0.05, 0.1) is 16.2 Å². The predicted molar refractivity (Wildman–Crippen MR) is 138 cm³/mol. The van der Waals surface area contributed by atoms with Gasteiger partial charge in [0.25, 0.3) is 11.8 Å². The average Bonchev–Trinajstić information content (AvgIpc) is 2.91. The molecule has 0 saturated carbocycles. The number of sulfone groups is 1. The fourth-order valence-electron chi connectivity index (χ4n) is 4.45. The molecule has 0 fully saturated rings. The zero-order valence-corrected chi connectivity index (χ0v) is 21.7. The quantitative estimate of drug-likeness (QED) is 0.421. The third-order valence-corrected chi connectivity index (χ3v) is 8.50. The lowest BCUT2D eigenvalue weighted by Gasteiger charge is -2.34. The van der Waals surface area contributed by atoms with Gasteiger partial charge in [-0.1, -0.05) is 32.0 Å². The number of rotatable bonds is 7. The molecule has 6 nitrogen and oxygen atoms in total. The number of benzene rings is 3. The van der Waals surface area contributed by atoms with Gasteiger partial charge in [-0.2, -0.15) is 13.2 Å². The molecule has 0 bridgehead atoms. The number of carbonyl (C=O) groups is 2. The first-order valence-corrected chi connectivity index (χ1v) is 13.8. The highest BCUT2D eigenvalue weighted by atomic mass is 32.2. The van der Waals surface area contributed by atoms with Gasteiger partial charge in [0.2, 0.25) is 0 Å². The smallest absolute Gasteiger partial charge is 0.348 e. The van der Waals surface area contributed by atoms with Crippen LogP contribution in [0.15, 0.2) is 71.6 Å². The molecule has 0 saturated heterocycles. The highest BCUT2D eigenvalue weighted by Gasteiger charge is 2.34. The molecule has 38 heavy (non-hydrogen) atoms. The number of nitrogens with one attached hydrogen (secondary N) is 1. The van der Waals surface area contributed by atoms with Crippen molar-refractivity contribution in [3.05, 3.63) is 94.5 Å². The molecule has 3 aromatic rings. The number of fused-ring (bicyclic) bond motifs is 1. The molecule has 10 heteroatoms. The van der Waals surface area contributed by atoms with E-state index in [0.29, 0.717) is 29.8 Å². The van der Waals surface area contributed by atoms with E-state index in [1.807, 2.05) is 6.92 Å². The van der Waals surface area contributed by atoms with Crippen molar-refractivity contribution in [2.75, 3.05) is 17.2 Å². The molecule has 4 rings (SSSR count). The van der Waals surface area contributed by atoms with Crippen molar-refractivity contribution < 1.29 is 31.2 Å². The van der Waals surface area contributed by atoms with Crippen molar-refractivity contribution in [3.8, 4) is 0 Å². The predicted octanol–water partition coefficient (Wildman–Crippen LogP) is 5.58. The molecule has 2 amide bonds. The van der Waals surface area contributed by atoms with Crippen LogP contribution in [-0.2, 0) is 22.6 Å². The third-order valence-electron chi connectivity index (χ3n) is 6.75. The summed E-state index contributed by atoms with van der Waals surface area (Å²) in [5.41, 5.74) is 1.68. The lowest BCUT2D eigenvalue weighted by molar-refractivity contribution is -0.137. The summed E-state index contributed by atoms with van der Waals surface area (Å²) in [6.45, 7) is 4.01. The fourth-order valence-corrected chi connectivity index (χ4v) is 5.34. The molecule has 1 aliphatic heterocycles. The van der Waals surface area contributed by atoms with Crippen LogP contribution in [0.4, 0.5) is 18.9 Å². The van der Waals surface area contributed by atoms with Gasteiger partial charge < -0.3 is 10.2 Å². The maximum atomic E-state index is 13.4. The molecule has 1 heterocycles. The minimum absolute atomic E-state index is 0.00465. The number of carbonyl (C=O) groups excluding carboxylic acids is 2. The molecule has 1 aliphatic rings. The fraction of sp³-hybridized carbons (Fsp3) is 0.286. The van der Waals surface area contributed by atoms with Gasteiger partial charge in [0.15, 0.2) is 9.84 Å². The zero-order chi connectivity index (χ0) is 27.7. The van der Waals surface area contributed by atoms with E-state index in [0.717, 1.165) is 17.7 Å². The van der Waals surface area contributed by atoms with Crippen molar-refractivity contribution in [1.29, 1.82) is 0 Å². The highest BCUT2D eigenvalue weighted by molar-refractivity contribution is 7.91. The molecule has 0 unspecified atom stereocenters. The van der Waals surface area contributed by atoms with E-state index >= 15 is 0 Å². The molecule has 3 aromatic carbocycles. The Bertz CT molecular complexity index is 1450. The minimum Gasteiger partial charge on any atom is -0.348 e. The third kappa shape index (κ3) is 5.60. The maximum Gasteiger partial charge on any atom is 0.416 e. The zero-order valence-electron chi connectivity index (χ0n) is 20.9. The Morgan fingerprint density at radius 2 is 1.66 bits per heavy atom. The van der Waals surface area contributed by atoms with Crippen LogP contribution >= 0.6 is 0 Å². The number of alkyl halides is 3. The number of anilines is 1. The molecule has 1 atom stereocenters. The largest absolute Gasteiger partial charge is 0.416 e. The number of nitrogens with zero attached hydrogens (tertiary/aromatic N) is 1. The molecule has 1 N–H and O–H groups in total. The second-order valence-electron chi connectivity index (χ2n) is 9.10. The normalized spacial score (nSPS) is 15.8. The van der Waals surface area contributed by atoms with Crippen LogP contribution in [0, 0.1) is 0 Å². The first kappa shape index (κ1) is 27.4. The Morgan fingerprint density at radius 3 is 2.24 bits per heavy atom. The molecular weight excluding hydrogens is 517 g/mol. The molecule has 0 radical (unpaired) electrons. The van der Waals surface area contributed by atoms with Crippen molar-refractivity contribution in [2.45, 2.75) is 43.8 Å². The van der Waals surface area contributed by atoms with E-state index in [1.54, 1.807) is 31.2 Å². The summed E-state index contributed by atoms with van der Waals surface area (Å²) in [5.74, 6) is -0.840. The number of halogens is 3. The summed E-state index contributed by atoms with van der Waals surface area (Å²) >= 11 is 0. The van der Waals surface area contributed by atoms with Gasteiger partial charge in [-0.05, 0) is 66.1 Å². The van der Waals surface area contributed by atoms with Crippen LogP contribution in [-0.4, -0.2) is 32.5 Å². The molecular formula is C28H27F3N2O4S. The van der Waals surface area contributed by atoms with E-state index in [9.17, 15) is 31.2 Å². The summed E-state index contributed by atoms with van der Waals surface area (Å²) in [7, 11) is -3.32. The van der Waals surface area contributed by atoms with E-state index < -0.39 is 27.5 Å². The summed E-state index contributed by atoms with van der Waals surface area (Å²) in [6, 6.07) is 15.7. The lowest BCUT2D eigenvalue weighted by Crippen LogP contribution is -2.40. The summed E-state index contributed by atoms with van der Waals surface area (Å²) in [4.78, 5) is 27.9. The standard InChI is InChI=1S/C28H27F3N2O4S/c1-3-19-17-33(22-10-8-21(9-11-22)28(29,30)31)27(35)25-15-20(7-14-24(19)25)26(34)32-16-18-5-12-23(13-6-18)38(36,37)4-2/h5-15,19H,3-4,16-17H2,1-2H3,(H,32,34)/t19-/m0/s1. The van der Waals surface area contributed by atoms with E-state index in [2.05, 4.69) is 5.32 Å². The van der Waals surface area contributed by atoms with E-state index in [-0.39, 0.29) is 34.6 Å². The first-order chi connectivity index (χ1) is 17.9. The van der Waals surface area contributed by atoms with Crippen molar-refractivity contribution in [2.24, 2.45) is 0 Å². The molecule has 0 aromatic heterocycles. The van der Waals surface area contributed by atoms with E-state index in [4.69, 9.17) is 0 Å². The summed E-state index contributed by atoms with van der Waals surface area (Å²) in [6.07, 6.45) is -3.77. The monoisotopic (exact) mass is 544 g/mol. The number of amides is 2. The highest BCUT2D eigenvalue weighted by Crippen LogP contribution is 2.36. The Labute approximate surface area is 219 Å². The molecule has 0 spiro atoms. The SMILES string of the molecule is CC[C@H]1CN(c2ccc(C(F)(F)F)cc2)C(=O)c2cc(C(=O)NCc3ccc(S(=O)(=O)CC)cc3)ccc21. The van der Waals surface area contributed by atoms with Crippen LogP contribution in [0.1, 0.15) is 63.6 Å². The van der Waals surface area contributed by atoms with Gasteiger partial charge in [-0.15, -0.1) is 0 Å². The first-order valence-electron chi connectivity index (χ1n) is 12.2. The Balaban J connectivity index is 1.53. The van der Waals surface area contributed by atoms with Gasteiger partial charge in [0.1, 0.15) is 0 Å². The molecule has 200 valence electrons. The van der Waals surface area contributed by atoms with Crippen molar-refractivity contribution in [3.63, 3.8) is 0 Å². The van der Waals surface area contributed by atoms with Gasteiger partial charge in [0, 0.05) is 35.8 Å². The van der Waals surface area contributed by atoms with Crippen LogP contribution < -0.4 is 10.2 Å². The Kier molecular flexibility index (Phi) is 7.64. The van der Waals surface area contributed by atoms with Gasteiger partial charge in [-0.3, -0.25) is 9.59 Å². The minimum atomic E-state index is -4.47. The summed E-state index contributed by atoms with van der Waals surface area (Å²) in [5, 5.41) is 2.78. The van der Waals surface area contributed by atoms with Crippen molar-refractivity contribution >= 4 is 27.3 Å². The van der Waals surface area contributed by atoms with Crippen molar-refractivity contribution in [1.82, 2.24) is 5.32 Å². The number of hydrogen-bond acceptors (Lipinski definition) is 4. The van der Waals surface area contributed by atoms with Gasteiger partial charge >= 0.3 is 6.18 Å². The second-order valence-corrected chi connectivity index (χ2v) is 11.4. The van der Waals surface area contributed by atoms with Crippen LogP contribution in [0.5, 0.6) is 0 Å². The molecule has 0 aliphatic carbocycles. The van der Waals surface area contributed by atoms with Gasteiger partial charge in [-0.25, -0.2) is 8.42 Å².